The third kappa shape index (κ3) is 5.48. The molecule has 0 unspecified atom stereocenters. The average molecular weight is 504 g/mol. The lowest BCUT2D eigenvalue weighted by molar-refractivity contribution is 0.130. The summed E-state index contributed by atoms with van der Waals surface area (Å²) in [5.41, 5.74) is 2.28. The highest BCUT2D eigenvalue weighted by Gasteiger charge is 2.43. The third-order valence-corrected chi connectivity index (χ3v) is 6.08. The number of carbonyl (C=O) groups excluding carboxylic acids is 1. The van der Waals surface area contributed by atoms with Crippen LogP contribution >= 0.6 is 11.6 Å². The van der Waals surface area contributed by atoms with E-state index in [0.29, 0.717) is 40.9 Å². The average Bonchev–Trinajstić information content (AvgIpc) is 3.22. The lowest BCUT2D eigenvalue weighted by atomic mass is 9.99. The van der Waals surface area contributed by atoms with Crippen LogP contribution in [-0.2, 0) is 11.3 Å². The molecule has 2 atom stereocenters. The zero-order valence-electron chi connectivity index (χ0n) is 19.2. The number of pyridine rings is 1. The molecule has 3 aromatic carbocycles. The Bertz CT molecular complexity index is 1320. The summed E-state index contributed by atoms with van der Waals surface area (Å²) < 4.78 is 25.8. The second-order valence-corrected chi connectivity index (χ2v) is 8.77. The molecule has 0 spiro atoms. The van der Waals surface area contributed by atoms with Crippen molar-refractivity contribution in [3.8, 4) is 11.5 Å². The van der Waals surface area contributed by atoms with Gasteiger partial charge in [0.25, 0.3) is 0 Å². The van der Waals surface area contributed by atoms with Gasteiger partial charge < -0.3 is 14.8 Å². The van der Waals surface area contributed by atoms with Crippen LogP contribution in [-0.4, -0.2) is 23.7 Å². The van der Waals surface area contributed by atoms with Crippen LogP contribution in [0.2, 0.25) is 5.02 Å². The van der Waals surface area contributed by atoms with Crippen molar-refractivity contribution in [1.82, 2.24) is 10.3 Å². The summed E-state index contributed by atoms with van der Waals surface area (Å²) >= 11 is 5.93. The molecule has 0 aliphatic carbocycles. The maximum absolute atomic E-state index is 14.1. The van der Waals surface area contributed by atoms with Gasteiger partial charge in [0, 0.05) is 36.2 Å². The van der Waals surface area contributed by atoms with E-state index in [9.17, 15) is 9.18 Å². The van der Waals surface area contributed by atoms with Crippen molar-refractivity contribution in [2.45, 2.75) is 18.7 Å². The van der Waals surface area contributed by atoms with Crippen molar-refractivity contribution < 1.29 is 18.7 Å². The third-order valence-electron chi connectivity index (χ3n) is 5.83. The minimum absolute atomic E-state index is 0.374. The van der Waals surface area contributed by atoms with Crippen LogP contribution in [0.15, 0.2) is 97.3 Å². The SMILES string of the molecule is O=C1O[C@@H](CNCc2cccnc2)[C@H](c2cccc(F)c2)N1c1ccc(Oc2ccc(Cl)cc2)cc1. The minimum atomic E-state index is -0.527. The Balaban J connectivity index is 1.36. The molecule has 1 aliphatic heterocycles. The van der Waals surface area contributed by atoms with E-state index < -0.39 is 18.2 Å². The number of nitrogens with zero attached hydrogens (tertiary/aromatic N) is 2. The van der Waals surface area contributed by atoms with Gasteiger partial charge in [0.2, 0.25) is 0 Å². The Hall–Kier alpha value is -3.94. The smallest absolute Gasteiger partial charge is 0.415 e. The quantitative estimate of drug-likeness (QED) is 0.296. The molecule has 1 fully saturated rings. The van der Waals surface area contributed by atoms with Gasteiger partial charge in [-0.25, -0.2) is 9.18 Å². The number of nitrogens with one attached hydrogen (secondary N) is 1. The second-order valence-electron chi connectivity index (χ2n) is 8.33. The molecule has 0 saturated carbocycles. The van der Waals surface area contributed by atoms with Gasteiger partial charge in [-0.1, -0.05) is 29.8 Å². The molecule has 0 radical (unpaired) electrons. The first-order valence-electron chi connectivity index (χ1n) is 11.5. The van der Waals surface area contributed by atoms with Crippen LogP contribution in [0.4, 0.5) is 14.9 Å². The molecule has 1 aromatic heterocycles. The molecule has 5 rings (SSSR count). The topological polar surface area (TPSA) is 63.7 Å². The molecule has 0 bridgehead atoms. The molecule has 8 heteroatoms. The Morgan fingerprint density at radius 1 is 1.00 bits per heavy atom. The minimum Gasteiger partial charge on any atom is -0.457 e. The van der Waals surface area contributed by atoms with E-state index in [1.807, 2.05) is 12.1 Å². The largest absolute Gasteiger partial charge is 0.457 e. The van der Waals surface area contributed by atoms with E-state index >= 15 is 0 Å². The summed E-state index contributed by atoms with van der Waals surface area (Å²) in [5.74, 6) is 0.872. The molecule has 1 saturated heterocycles. The van der Waals surface area contributed by atoms with Crippen LogP contribution in [0.1, 0.15) is 17.2 Å². The normalized spacial score (nSPS) is 17.2. The number of ether oxygens (including phenoxy) is 2. The number of aromatic nitrogens is 1. The zero-order valence-corrected chi connectivity index (χ0v) is 19.9. The zero-order chi connectivity index (χ0) is 24.9. The fraction of sp³-hybridized carbons (Fsp3) is 0.143. The van der Waals surface area contributed by atoms with Crippen molar-refractivity contribution in [1.29, 1.82) is 0 Å². The summed E-state index contributed by atoms with van der Waals surface area (Å²) in [6.07, 6.45) is 2.47. The molecule has 4 aromatic rings. The van der Waals surface area contributed by atoms with Gasteiger partial charge >= 0.3 is 6.09 Å². The lowest BCUT2D eigenvalue weighted by Gasteiger charge is -2.25. The Labute approximate surface area is 213 Å². The van der Waals surface area contributed by atoms with Crippen LogP contribution < -0.4 is 15.0 Å². The maximum Gasteiger partial charge on any atom is 0.415 e. The Morgan fingerprint density at radius 3 is 2.44 bits per heavy atom. The number of hydrogen-bond acceptors (Lipinski definition) is 5. The van der Waals surface area contributed by atoms with Gasteiger partial charge in [0.15, 0.2) is 0 Å². The van der Waals surface area contributed by atoms with Crippen molar-refractivity contribution in [3.05, 3.63) is 119 Å². The molecular formula is C28H23ClFN3O3. The van der Waals surface area contributed by atoms with E-state index in [1.54, 1.807) is 78.0 Å². The first-order chi connectivity index (χ1) is 17.6. The number of cyclic esters (lactones) is 1. The predicted molar refractivity (Wildman–Crippen MR) is 136 cm³/mol. The van der Waals surface area contributed by atoms with Crippen LogP contribution in [0, 0.1) is 5.82 Å². The molecule has 1 N–H and O–H groups in total. The molecule has 6 nitrogen and oxygen atoms in total. The Morgan fingerprint density at radius 2 is 1.75 bits per heavy atom. The van der Waals surface area contributed by atoms with Crippen molar-refractivity contribution in [3.63, 3.8) is 0 Å². The van der Waals surface area contributed by atoms with Crippen molar-refractivity contribution in [2.75, 3.05) is 11.4 Å². The van der Waals surface area contributed by atoms with Gasteiger partial charge in [0.05, 0.1) is 0 Å². The van der Waals surface area contributed by atoms with Crippen LogP contribution in [0.3, 0.4) is 0 Å². The number of hydrogen-bond donors (Lipinski definition) is 1. The summed E-state index contributed by atoms with van der Waals surface area (Å²) in [5, 5.41) is 3.95. The number of halogens is 2. The molecular weight excluding hydrogens is 481 g/mol. The molecule has 1 amide bonds. The van der Waals surface area contributed by atoms with E-state index in [-0.39, 0.29) is 5.82 Å². The van der Waals surface area contributed by atoms with Gasteiger partial charge in [-0.2, -0.15) is 0 Å². The van der Waals surface area contributed by atoms with Crippen LogP contribution in [0.25, 0.3) is 0 Å². The second kappa shape index (κ2) is 10.8. The fourth-order valence-corrected chi connectivity index (χ4v) is 4.31. The van der Waals surface area contributed by atoms with E-state index in [4.69, 9.17) is 21.1 Å². The predicted octanol–water partition coefficient (Wildman–Crippen LogP) is 6.52. The molecule has 2 heterocycles. The highest BCUT2D eigenvalue weighted by atomic mass is 35.5. The number of amides is 1. The summed E-state index contributed by atoms with van der Waals surface area (Å²) in [6.45, 7) is 0.949. The van der Waals surface area contributed by atoms with Gasteiger partial charge in [-0.15, -0.1) is 0 Å². The maximum atomic E-state index is 14.1. The van der Waals surface area contributed by atoms with Gasteiger partial charge in [-0.3, -0.25) is 9.88 Å². The first kappa shape index (κ1) is 23.8. The summed E-state index contributed by atoms with van der Waals surface area (Å²) in [7, 11) is 0. The van der Waals surface area contributed by atoms with Crippen molar-refractivity contribution >= 4 is 23.4 Å². The number of benzene rings is 3. The highest BCUT2D eigenvalue weighted by Crippen LogP contribution is 2.38. The first-order valence-corrected chi connectivity index (χ1v) is 11.8. The molecule has 182 valence electrons. The number of carbonyl (C=O) groups is 1. The van der Waals surface area contributed by atoms with E-state index in [1.165, 1.54) is 12.1 Å². The number of anilines is 1. The number of rotatable bonds is 8. The lowest BCUT2D eigenvalue weighted by Crippen LogP contribution is -2.34. The molecule has 1 aliphatic rings. The monoisotopic (exact) mass is 503 g/mol. The summed E-state index contributed by atoms with van der Waals surface area (Å²) in [6, 6.07) is 23.7. The van der Waals surface area contributed by atoms with Crippen LogP contribution in [0.5, 0.6) is 11.5 Å². The van der Waals surface area contributed by atoms with Crippen molar-refractivity contribution in [2.24, 2.45) is 0 Å². The molecule has 36 heavy (non-hydrogen) atoms. The van der Waals surface area contributed by atoms with E-state index in [2.05, 4.69) is 10.3 Å². The highest BCUT2D eigenvalue weighted by molar-refractivity contribution is 6.30. The van der Waals surface area contributed by atoms with E-state index in [0.717, 1.165) is 5.56 Å². The Kier molecular flexibility index (Phi) is 7.11. The standard InChI is InChI=1S/C28H23ClFN3O3/c29-21-6-10-24(11-7-21)35-25-12-8-23(9-13-25)33-27(20-4-1-5-22(30)15-20)26(36-28(33)34)18-32-17-19-3-2-14-31-16-19/h1-16,26-27,32H,17-18H2/t26-,27-/m0/s1. The summed E-state index contributed by atoms with van der Waals surface area (Å²) in [4.78, 5) is 18.7. The fourth-order valence-electron chi connectivity index (χ4n) is 4.18. The van der Waals surface area contributed by atoms with Gasteiger partial charge in [0.1, 0.15) is 29.5 Å². The van der Waals surface area contributed by atoms with Gasteiger partial charge in [-0.05, 0) is 77.9 Å².